The quantitative estimate of drug-likeness (QED) is 0.527. The zero-order chi connectivity index (χ0) is 15.8. The summed E-state index contributed by atoms with van der Waals surface area (Å²) < 4.78 is 0. The highest BCUT2D eigenvalue weighted by Gasteiger charge is 2.21. The third kappa shape index (κ3) is 4.93. The lowest BCUT2D eigenvalue weighted by Gasteiger charge is -2.19. The number of nitrogens with zero attached hydrogens (tertiary/aromatic N) is 2. The van der Waals surface area contributed by atoms with E-state index < -0.39 is 30.8 Å². The second kappa shape index (κ2) is 7.62. The first kappa shape index (κ1) is 16.1. The Kier molecular flexibility index (Phi) is 5.85. The first-order chi connectivity index (χ1) is 9.95. The lowest BCUT2D eigenvalue weighted by atomic mass is 10.1. The van der Waals surface area contributed by atoms with E-state index in [0.717, 1.165) is 4.90 Å². The maximum absolute atomic E-state index is 12.4. The molecule has 0 saturated heterocycles. The topological polar surface area (TPSA) is 145 Å². The highest BCUT2D eigenvalue weighted by molar-refractivity contribution is 6.00. The highest BCUT2D eigenvalue weighted by Crippen LogP contribution is 2.09. The molecule has 21 heavy (non-hydrogen) atoms. The highest BCUT2D eigenvalue weighted by atomic mass is 16.2. The minimum absolute atomic E-state index is 0.120. The summed E-state index contributed by atoms with van der Waals surface area (Å²) in [5, 5.41) is 0. The molecule has 0 spiro atoms. The Morgan fingerprint density at radius 1 is 1.19 bits per heavy atom. The van der Waals surface area contributed by atoms with Gasteiger partial charge in [0.15, 0.2) is 0 Å². The normalized spacial score (nSPS) is 9.38. The van der Waals surface area contributed by atoms with E-state index in [1.54, 1.807) is 0 Å². The number of carbonyl (C=O) groups excluding carboxylic acids is 3. The van der Waals surface area contributed by atoms with E-state index in [4.69, 9.17) is 17.2 Å². The largest absolute Gasteiger partial charge is 0.368 e. The molecule has 110 valence electrons. The van der Waals surface area contributed by atoms with Gasteiger partial charge in [0.1, 0.15) is 13.1 Å². The molecule has 1 rings (SSSR count). The number of amides is 3. The van der Waals surface area contributed by atoms with Gasteiger partial charge >= 0.3 is 0 Å². The van der Waals surface area contributed by atoms with E-state index in [9.17, 15) is 14.4 Å². The predicted molar refractivity (Wildman–Crippen MR) is 74.5 cm³/mol. The van der Waals surface area contributed by atoms with E-state index in [0.29, 0.717) is 5.56 Å². The summed E-state index contributed by atoms with van der Waals surface area (Å²) in [6, 6.07) is 1.43. The minimum atomic E-state index is -0.756. The van der Waals surface area contributed by atoms with Crippen LogP contribution >= 0.6 is 0 Å². The average molecular weight is 289 g/mol. The van der Waals surface area contributed by atoms with E-state index in [-0.39, 0.29) is 12.1 Å². The Hall–Kier alpha value is -2.92. The Labute approximate surface area is 121 Å². The molecule has 0 bridgehead atoms. The van der Waals surface area contributed by atoms with Gasteiger partial charge in [-0.05, 0) is 6.07 Å². The molecular weight excluding hydrogens is 274 g/mol. The first-order valence-corrected chi connectivity index (χ1v) is 5.94. The van der Waals surface area contributed by atoms with Crippen molar-refractivity contribution in [1.82, 2.24) is 9.88 Å². The first-order valence-electron chi connectivity index (χ1n) is 5.94. The van der Waals surface area contributed by atoms with Crippen molar-refractivity contribution in [3.63, 3.8) is 0 Å². The molecule has 1 heterocycles. The van der Waals surface area contributed by atoms with Crippen molar-refractivity contribution in [2.24, 2.45) is 17.2 Å². The average Bonchev–Trinajstić information content (AvgIpc) is 2.43. The molecule has 0 aliphatic rings. The van der Waals surface area contributed by atoms with Gasteiger partial charge in [0, 0.05) is 12.4 Å². The van der Waals surface area contributed by atoms with Crippen molar-refractivity contribution >= 4 is 17.7 Å². The van der Waals surface area contributed by atoms with Gasteiger partial charge in [-0.3, -0.25) is 19.4 Å². The fraction of sp³-hybridized carbons (Fsp3) is 0.231. The lowest BCUT2D eigenvalue weighted by molar-refractivity contribution is -0.121. The Morgan fingerprint density at radius 2 is 1.81 bits per heavy atom. The number of hydrogen-bond donors (Lipinski definition) is 3. The van der Waals surface area contributed by atoms with Gasteiger partial charge in [-0.1, -0.05) is 11.8 Å². The molecule has 1 aromatic rings. The number of aromatic nitrogens is 1. The fourth-order valence-electron chi connectivity index (χ4n) is 1.57. The van der Waals surface area contributed by atoms with Gasteiger partial charge in [0.05, 0.1) is 17.7 Å². The molecule has 0 aliphatic carbocycles. The number of nitrogens with two attached hydrogens (primary N) is 3. The van der Waals surface area contributed by atoms with Crippen LogP contribution in [0.1, 0.15) is 15.9 Å². The Balaban J connectivity index is 3.13. The molecule has 3 amide bonds. The smallest absolute Gasteiger partial charge is 0.256 e. The number of primary amides is 2. The molecule has 0 radical (unpaired) electrons. The second-order valence-corrected chi connectivity index (χ2v) is 4.02. The van der Waals surface area contributed by atoms with E-state index in [1.807, 2.05) is 0 Å². The summed E-state index contributed by atoms with van der Waals surface area (Å²) in [7, 11) is 0. The van der Waals surface area contributed by atoms with Crippen LogP contribution in [0.25, 0.3) is 0 Å². The molecule has 0 aromatic carbocycles. The van der Waals surface area contributed by atoms with Crippen LogP contribution in [0.4, 0.5) is 0 Å². The zero-order valence-corrected chi connectivity index (χ0v) is 11.2. The van der Waals surface area contributed by atoms with Crippen LogP contribution in [-0.2, 0) is 9.59 Å². The van der Waals surface area contributed by atoms with Crippen molar-refractivity contribution < 1.29 is 14.4 Å². The maximum atomic E-state index is 12.4. The Bertz CT molecular complexity index is 602. The van der Waals surface area contributed by atoms with E-state index in [1.165, 1.54) is 18.5 Å². The van der Waals surface area contributed by atoms with Crippen molar-refractivity contribution in [2.45, 2.75) is 0 Å². The van der Waals surface area contributed by atoms with Crippen molar-refractivity contribution in [1.29, 1.82) is 0 Å². The third-order valence-electron chi connectivity index (χ3n) is 2.36. The van der Waals surface area contributed by atoms with Crippen LogP contribution in [0, 0.1) is 11.8 Å². The third-order valence-corrected chi connectivity index (χ3v) is 2.36. The number of rotatable bonds is 5. The molecule has 0 fully saturated rings. The van der Waals surface area contributed by atoms with Crippen LogP contribution in [0.5, 0.6) is 0 Å². The monoisotopic (exact) mass is 289 g/mol. The van der Waals surface area contributed by atoms with Gasteiger partial charge < -0.3 is 22.1 Å². The predicted octanol–water partition coefficient (Wildman–Crippen LogP) is -2.20. The zero-order valence-electron chi connectivity index (χ0n) is 11.2. The molecular formula is C13H15N5O3. The molecule has 6 N–H and O–H groups in total. The summed E-state index contributed by atoms with van der Waals surface area (Å²) in [4.78, 5) is 39.2. The summed E-state index contributed by atoms with van der Waals surface area (Å²) >= 11 is 0. The molecule has 8 nitrogen and oxygen atoms in total. The summed E-state index contributed by atoms with van der Waals surface area (Å²) in [6.07, 6.45) is 2.79. The van der Waals surface area contributed by atoms with Crippen molar-refractivity contribution in [3.8, 4) is 11.8 Å². The molecule has 0 aliphatic heterocycles. The molecule has 8 heteroatoms. The standard InChI is InChI=1S/C13H15N5O3/c14-4-1-2-9-6-17-5-3-10(9)13(21)18(7-11(15)19)8-12(16)20/h3,5-6H,4,7-8,14H2,(H2,15,19)(H2,16,20). The molecule has 0 unspecified atom stereocenters. The summed E-state index contributed by atoms with van der Waals surface area (Å²) in [6.45, 7) is -0.726. The van der Waals surface area contributed by atoms with Crippen LogP contribution in [0.2, 0.25) is 0 Å². The van der Waals surface area contributed by atoms with Crippen LogP contribution in [0.15, 0.2) is 18.5 Å². The fourth-order valence-corrected chi connectivity index (χ4v) is 1.57. The molecule has 0 atom stereocenters. The number of carbonyl (C=O) groups is 3. The van der Waals surface area contributed by atoms with Gasteiger partial charge in [-0.15, -0.1) is 0 Å². The molecule has 0 saturated carbocycles. The summed E-state index contributed by atoms with van der Waals surface area (Å²) in [5.74, 6) is 3.20. The SMILES string of the molecule is NCC#Cc1cnccc1C(=O)N(CC(N)=O)CC(N)=O. The maximum Gasteiger partial charge on any atom is 0.256 e. The number of pyridine rings is 1. The number of hydrogen-bond acceptors (Lipinski definition) is 5. The van der Waals surface area contributed by atoms with Crippen molar-refractivity contribution in [3.05, 3.63) is 29.6 Å². The van der Waals surface area contributed by atoms with Gasteiger partial charge in [0.25, 0.3) is 5.91 Å². The van der Waals surface area contributed by atoms with Gasteiger partial charge in [-0.2, -0.15) is 0 Å². The van der Waals surface area contributed by atoms with Crippen LogP contribution < -0.4 is 17.2 Å². The van der Waals surface area contributed by atoms with E-state index >= 15 is 0 Å². The lowest BCUT2D eigenvalue weighted by Crippen LogP contribution is -2.43. The van der Waals surface area contributed by atoms with Crippen LogP contribution in [-0.4, -0.2) is 47.2 Å². The second-order valence-electron chi connectivity index (χ2n) is 4.02. The van der Waals surface area contributed by atoms with E-state index in [2.05, 4.69) is 16.8 Å². The van der Waals surface area contributed by atoms with Gasteiger partial charge in [0.2, 0.25) is 11.8 Å². The van der Waals surface area contributed by atoms with Crippen LogP contribution in [0.3, 0.4) is 0 Å². The van der Waals surface area contributed by atoms with Gasteiger partial charge in [-0.25, -0.2) is 0 Å². The Morgan fingerprint density at radius 3 is 2.33 bits per heavy atom. The minimum Gasteiger partial charge on any atom is -0.368 e. The molecule has 1 aromatic heterocycles. The summed E-state index contributed by atoms with van der Waals surface area (Å²) in [5.41, 5.74) is 15.9. The van der Waals surface area contributed by atoms with Crippen molar-refractivity contribution in [2.75, 3.05) is 19.6 Å².